The number of rotatable bonds is 4. The zero-order valence-corrected chi connectivity index (χ0v) is 12.1. The van der Waals surface area contributed by atoms with E-state index in [0.717, 1.165) is 16.7 Å². The summed E-state index contributed by atoms with van der Waals surface area (Å²) in [6, 6.07) is 6.37. The highest BCUT2D eigenvalue weighted by atomic mass is 35.5. The highest BCUT2D eigenvalue weighted by molar-refractivity contribution is 8.01. The monoisotopic (exact) mass is 313 g/mol. The molecular weight excluding hydrogens is 302 g/mol. The van der Waals surface area contributed by atoms with Crippen molar-refractivity contribution < 1.29 is 19.5 Å². The van der Waals surface area contributed by atoms with Gasteiger partial charge in [-0.15, -0.1) is 11.8 Å². The van der Waals surface area contributed by atoms with E-state index in [1.807, 2.05) is 0 Å². The van der Waals surface area contributed by atoms with Gasteiger partial charge in [0.2, 0.25) is 11.8 Å². The fourth-order valence-electron chi connectivity index (χ4n) is 1.88. The van der Waals surface area contributed by atoms with Crippen molar-refractivity contribution in [2.24, 2.45) is 0 Å². The van der Waals surface area contributed by atoms with E-state index in [1.54, 1.807) is 24.3 Å². The number of carboxylic acids is 1. The van der Waals surface area contributed by atoms with Crippen LogP contribution in [0.5, 0.6) is 0 Å². The number of aliphatic carboxylic acids is 1. The molecule has 0 spiro atoms. The molecule has 5 nitrogen and oxygen atoms in total. The second-order valence-corrected chi connectivity index (χ2v) is 6.34. The standard InChI is InChI=1S/C13H12ClNO4S/c1-7(13(18)19)20-10-6-11(16)15(12(10)17)9-4-2-8(14)3-5-9/h2-5,7,10H,6H2,1H3,(H,18,19). The van der Waals surface area contributed by atoms with Crippen LogP contribution in [0.3, 0.4) is 0 Å². The zero-order valence-electron chi connectivity index (χ0n) is 10.6. The van der Waals surface area contributed by atoms with Crippen molar-refractivity contribution in [2.75, 3.05) is 4.90 Å². The molecule has 0 aliphatic carbocycles. The molecule has 2 amide bonds. The molecule has 1 aromatic rings. The number of anilines is 1. The number of carbonyl (C=O) groups excluding carboxylic acids is 2. The number of carboxylic acid groups (broad SMARTS) is 1. The Balaban J connectivity index is 2.17. The quantitative estimate of drug-likeness (QED) is 0.862. The molecular formula is C13H12ClNO4S. The van der Waals surface area contributed by atoms with E-state index in [0.29, 0.717) is 10.7 Å². The van der Waals surface area contributed by atoms with Gasteiger partial charge in [0.15, 0.2) is 0 Å². The molecule has 1 aliphatic heterocycles. The van der Waals surface area contributed by atoms with Gasteiger partial charge in [-0.05, 0) is 31.2 Å². The summed E-state index contributed by atoms with van der Waals surface area (Å²) in [5, 5.41) is 7.99. The smallest absolute Gasteiger partial charge is 0.316 e. The Morgan fingerprint density at radius 2 is 2.00 bits per heavy atom. The molecule has 2 unspecified atom stereocenters. The molecule has 7 heteroatoms. The minimum absolute atomic E-state index is 0.0176. The van der Waals surface area contributed by atoms with Gasteiger partial charge in [0.25, 0.3) is 0 Å². The van der Waals surface area contributed by atoms with Crippen LogP contribution in [0.25, 0.3) is 0 Å². The van der Waals surface area contributed by atoms with E-state index in [2.05, 4.69) is 0 Å². The second-order valence-electron chi connectivity index (χ2n) is 4.35. The summed E-state index contributed by atoms with van der Waals surface area (Å²) in [6.07, 6.45) is 0.0176. The zero-order chi connectivity index (χ0) is 14.9. The first kappa shape index (κ1) is 14.9. The highest BCUT2D eigenvalue weighted by Crippen LogP contribution is 2.32. The summed E-state index contributed by atoms with van der Waals surface area (Å²) in [7, 11) is 0. The fraction of sp³-hybridized carbons (Fsp3) is 0.308. The number of benzene rings is 1. The Hall–Kier alpha value is -1.53. The maximum absolute atomic E-state index is 12.2. The first-order chi connectivity index (χ1) is 9.40. The molecule has 1 heterocycles. The molecule has 1 N–H and O–H groups in total. The van der Waals surface area contributed by atoms with Crippen molar-refractivity contribution in [3.63, 3.8) is 0 Å². The maximum Gasteiger partial charge on any atom is 0.316 e. The van der Waals surface area contributed by atoms with E-state index in [9.17, 15) is 14.4 Å². The third-order valence-corrected chi connectivity index (χ3v) is 4.46. The van der Waals surface area contributed by atoms with Gasteiger partial charge in [-0.1, -0.05) is 11.6 Å². The third kappa shape index (κ3) is 2.96. The van der Waals surface area contributed by atoms with E-state index in [-0.39, 0.29) is 18.2 Å². The summed E-state index contributed by atoms with van der Waals surface area (Å²) in [6.45, 7) is 1.50. The SMILES string of the molecule is CC(SC1CC(=O)N(c2ccc(Cl)cc2)C1=O)C(=O)O. The highest BCUT2D eigenvalue weighted by Gasteiger charge is 2.41. The van der Waals surface area contributed by atoms with Gasteiger partial charge in [0.1, 0.15) is 5.25 Å². The van der Waals surface area contributed by atoms with Crippen LogP contribution in [0.1, 0.15) is 13.3 Å². The van der Waals surface area contributed by atoms with Gasteiger partial charge >= 0.3 is 5.97 Å². The molecule has 106 valence electrons. The lowest BCUT2D eigenvalue weighted by molar-refractivity contribution is -0.136. The normalized spacial score (nSPS) is 20.3. The summed E-state index contributed by atoms with van der Waals surface area (Å²) >= 11 is 6.76. The van der Waals surface area contributed by atoms with Crippen LogP contribution in [-0.4, -0.2) is 33.4 Å². The lowest BCUT2D eigenvalue weighted by atomic mass is 10.3. The van der Waals surface area contributed by atoms with Gasteiger partial charge in [-0.3, -0.25) is 14.4 Å². The number of hydrogen-bond acceptors (Lipinski definition) is 4. The van der Waals surface area contributed by atoms with Crippen LogP contribution in [-0.2, 0) is 14.4 Å². The van der Waals surface area contributed by atoms with Crippen LogP contribution >= 0.6 is 23.4 Å². The van der Waals surface area contributed by atoms with Crippen molar-refractivity contribution >= 4 is 46.8 Å². The summed E-state index contributed by atoms with van der Waals surface area (Å²) in [5.41, 5.74) is 0.454. The predicted molar refractivity (Wildman–Crippen MR) is 77.0 cm³/mol. The average molecular weight is 314 g/mol. The van der Waals surface area contributed by atoms with Gasteiger partial charge in [-0.2, -0.15) is 0 Å². The lowest BCUT2D eigenvalue weighted by Gasteiger charge is -2.15. The maximum atomic E-state index is 12.2. The topological polar surface area (TPSA) is 74.7 Å². The van der Waals surface area contributed by atoms with E-state index in [4.69, 9.17) is 16.7 Å². The van der Waals surface area contributed by atoms with E-state index >= 15 is 0 Å². The number of amides is 2. The van der Waals surface area contributed by atoms with E-state index in [1.165, 1.54) is 6.92 Å². The van der Waals surface area contributed by atoms with Crippen LogP contribution in [0.2, 0.25) is 5.02 Å². The van der Waals surface area contributed by atoms with Gasteiger partial charge in [0, 0.05) is 11.4 Å². The molecule has 0 bridgehead atoms. The molecule has 1 saturated heterocycles. The Labute approximate surface area is 124 Å². The van der Waals surface area contributed by atoms with Crippen LogP contribution in [0.15, 0.2) is 24.3 Å². The number of thioether (sulfide) groups is 1. The Morgan fingerprint density at radius 3 is 2.55 bits per heavy atom. The van der Waals surface area contributed by atoms with Crippen molar-refractivity contribution in [3.8, 4) is 0 Å². The Bertz CT molecular complexity index is 560. The molecule has 0 aromatic heterocycles. The Morgan fingerprint density at radius 1 is 1.40 bits per heavy atom. The summed E-state index contributed by atoms with van der Waals surface area (Å²) in [4.78, 5) is 36.1. The number of imide groups is 1. The molecule has 1 fully saturated rings. The molecule has 1 aromatic carbocycles. The first-order valence-electron chi connectivity index (χ1n) is 5.91. The number of hydrogen-bond donors (Lipinski definition) is 1. The first-order valence-corrected chi connectivity index (χ1v) is 7.23. The van der Waals surface area contributed by atoms with Crippen LogP contribution < -0.4 is 4.90 Å². The summed E-state index contributed by atoms with van der Waals surface area (Å²) in [5.74, 6) is -1.71. The number of nitrogens with zero attached hydrogens (tertiary/aromatic N) is 1. The Kier molecular flexibility index (Phi) is 4.35. The van der Waals surface area contributed by atoms with Gasteiger partial charge in [0.05, 0.1) is 10.9 Å². The lowest BCUT2D eigenvalue weighted by Crippen LogP contribution is -2.31. The van der Waals surface area contributed by atoms with E-state index < -0.39 is 16.5 Å². The summed E-state index contributed by atoms with van der Waals surface area (Å²) < 4.78 is 0. The molecule has 0 saturated carbocycles. The van der Waals surface area contributed by atoms with Crippen molar-refractivity contribution in [1.82, 2.24) is 0 Å². The van der Waals surface area contributed by atoms with Gasteiger partial charge < -0.3 is 5.11 Å². The molecule has 20 heavy (non-hydrogen) atoms. The van der Waals surface area contributed by atoms with Crippen molar-refractivity contribution in [2.45, 2.75) is 23.8 Å². The van der Waals surface area contributed by atoms with Crippen molar-refractivity contribution in [3.05, 3.63) is 29.3 Å². The number of halogens is 1. The number of carbonyl (C=O) groups is 3. The molecule has 2 atom stereocenters. The minimum atomic E-state index is -1.000. The molecule has 0 radical (unpaired) electrons. The van der Waals surface area contributed by atoms with Gasteiger partial charge in [-0.25, -0.2) is 4.90 Å². The van der Waals surface area contributed by atoms with Crippen molar-refractivity contribution in [1.29, 1.82) is 0 Å². The minimum Gasteiger partial charge on any atom is -0.480 e. The predicted octanol–water partition coefficient (Wildman–Crippen LogP) is 2.18. The molecule has 1 aliphatic rings. The fourth-order valence-corrected chi connectivity index (χ4v) is 3.07. The second kappa shape index (κ2) is 5.85. The van der Waals surface area contributed by atoms with Crippen LogP contribution in [0, 0.1) is 0 Å². The average Bonchev–Trinajstić information content (AvgIpc) is 2.66. The third-order valence-electron chi connectivity index (χ3n) is 2.91. The molecule has 2 rings (SSSR count). The largest absolute Gasteiger partial charge is 0.480 e. The van der Waals surface area contributed by atoms with Crippen LogP contribution in [0.4, 0.5) is 5.69 Å².